The number of carbonyl (C=O) groups excluding carboxylic acids is 1. The summed E-state index contributed by atoms with van der Waals surface area (Å²) in [6, 6.07) is 2.89. The molecule has 14 heavy (non-hydrogen) atoms. The van der Waals surface area contributed by atoms with E-state index in [1.54, 1.807) is 6.92 Å². The first-order valence-electron chi connectivity index (χ1n) is 4.48. The van der Waals surface area contributed by atoms with Crippen molar-refractivity contribution in [1.29, 1.82) is 0 Å². The number of carbonyl (C=O) groups is 1. The average Bonchev–Trinajstić information content (AvgIpc) is 2.17. The van der Waals surface area contributed by atoms with E-state index in [1.165, 1.54) is 12.1 Å². The molecule has 0 saturated heterocycles. The summed E-state index contributed by atoms with van der Waals surface area (Å²) >= 11 is 0. The molecule has 1 aromatic heterocycles. The lowest BCUT2D eigenvalue weighted by molar-refractivity contribution is 0.0484. The fourth-order valence-electron chi connectivity index (χ4n) is 1.04. The molecule has 1 aromatic rings. The zero-order chi connectivity index (χ0) is 10.6. The first-order chi connectivity index (χ1) is 6.67. The maximum absolute atomic E-state index is 11.2. The summed E-state index contributed by atoms with van der Waals surface area (Å²) in [5.41, 5.74) is 0.247. The topological polar surface area (TPSA) is 56.5 Å². The Balaban J connectivity index is 3.03. The molecule has 0 saturated carbocycles. The van der Waals surface area contributed by atoms with Crippen LogP contribution in [0.5, 0.6) is 0 Å². The van der Waals surface area contributed by atoms with Crippen LogP contribution in [0.3, 0.4) is 0 Å². The van der Waals surface area contributed by atoms with E-state index in [9.17, 15) is 9.59 Å². The molecule has 1 heterocycles. The van der Waals surface area contributed by atoms with Crippen molar-refractivity contribution in [3.05, 3.63) is 33.9 Å². The van der Waals surface area contributed by atoms with Crippen molar-refractivity contribution in [2.75, 3.05) is 6.61 Å². The quantitative estimate of drug-likeness (QED) is 0.685. The van der Waals surface area contributed by atoms with E-state index >= 15 is 0 Å². The summed E-state index contributed by atoms with van der Waals surface area (Å²) in [7, 11) is 0. The van der Waals surface area contributed by atoms with Gasteiger partial charge >= 0.3 is 11.6 Å². The summed E-state index contributed by atoms with van der Waals surface area (Å²) in [6.07, 6.45) is 0.679. The number of aryl methyl sites for hydroxylation is 1. The molecule has 1 rings (SSSR count). The molecule has 0 spiro atoms. The van der Waals surface area contributed by atoms with Crippen molar-refractivity contribution >= 4 is 5.97 Å². The smallest absolute Gasteiger partial charge is 0.374 e. The van der Waals surface area contributed by atoms with Crippen LogP contribution in [-0.4, -0.2) is 12.6 Å². The Hall–Kier alpha value is -1.58. The second kappa shape index (κ2) is 4.60. The minimum atomic E-state index is -0.597. The molecule has 0 radical (unpaired) electrons. The highest BCUT2D eigenvalue weighted by atomic mass is 16.5. The van der Waals surface area contributed by atoms with Gasteiger partial charge in [-0.05, 0) is 25.0 Å². The maximum Gasteiger partial charge on any atom is 0.374 e. The summed E-state index contributed by atoms with van der Waals surface area (Å²) in [5, 5.41) is 0. The monoisotopic (exact) mass is 196 g/mol. The molecule has 0 atom stereocenters. The SMILES string of the molecule is CCOC(=O)c1cc(CC)cc(=O)o1. The molecular formula is C10H12O4. The average molecular weight is 196 g/mol. The van der Waals surface area contributed by atoms with Crippen LogP contribution in [0.25, 0.3) is 0 Å². The van der Waals surface area contributed by atoms with Gasteiger partial charge in [0.2, 0.25) is 5.76 Å². The third kappa shape index (κ3) is 2.45. The van der Waals surface area contributed by atoms with E-state index < -0.39 is 11.6 Å². The van der Waals surface area contributed by atoms with Crippen molar-refractivity contribution in [1.82, 2.24) is 0 Å². The minimum absolute atomic E-state index is 0.0313. The Kier molecular flexibility index (Phi) is 3.45. The van der Waals surface area contributed by atoms with Gasteiger partial charge < -0.3 is 9.15 Å². The number of ether oxygens (including phenoxy) is 1. The van der Waals surface area contributed by atoms with E-state index in [2.05, 4.69) is 0 Å². The molecule has 0 N–H and O–H groups in total. The number of hydrogen-bond donors (Lipinski definition) is 0. The van der Waals surface area contributed by atoms with Crippen LogP contribution < -0.4 is 5.63 Å². The zero-order valence-corrected chi connectivity index (χ0v) is 8.20. The Labute approximate surface area is 81.5 Å². The van der Waals surface area contributed by atoms with Gasteiger partial charge in [0.25, 0.3) is 0 Å². The molecular weight excluding hydrogens is 184 g/mol. The van der Waals surface area contributed by atoms with E-state index in [0.717, 1.165) is 5.56 Å². The first kappa shape index (κ1) is 10.5. The lowest BCUT2D eigenvalue weighted by atomic mass is 10.2. The third-order valence-electron chi connectivity index (χ3n) is 1.72. The highest BCUT2D eigenvalue weighted by molar-refractivity contribution is 5.86. The van der Waals surface area contributed by atoms with Crippen molar-refractivity contribution in [2.45, 2.75) is 20.3 Å². The molecule has 4 nitrogen and oxygen atoms in total. The molecule has 0 aliphatic carbocycles. The van der Waals surface area contributed by atoms with E-state index in [-0.39, 0.29) is 12.4 Å². The predicted octanol–water partition coefficient (Wildman–Crippen LogP) is 1.38. The summed E-state index contributed by atoms with van der Waals surface area (Å²) in [6.45, 7) is 3.85. The van der Waals surface area contributed by atoms with Gasteiger partial charge in [0, 0.05) is 6.07 Å². The fraction of sp³-hybridized carbons (Fsp3) is 0.400. The van der Waals surface area contributed by atoms with Gasteiger partial charge in [-0.1, -0.05) is 6.92 Å². The van der Waals surface area contributed by atoms with Crippen molar-refractivity contribution in [3.63, 3.8) is 0 Å². The van der Waals surface area contributed by atoms with Gasteiger partial charge in [0.15, 0.2) is 0 Å². The van der Waals surface area contributed by atoms with Crippen LogP contribution in [-0.2, 0) is 11.2 Å². The Bertz CT molecular complexity index is 378. The normalized spacial score (nSPS) is 9.86. The van der Waals surface area contributed by atoms with Crippen molar-refractivity contribution in [2.24, 2.45) is 0 Å². The van der Waals surface area contributed by atoms with E-state index in [0.29, 0.717) is 6.42 Å². The van der Waals surface area contributed by atoms with E-state index in [1.807, 2.05) is 6.92 Å². The zero-order valence-electron chi connectivity index (χ0n) is 8.20. The fourth-order valence-corrected chi connectivity index (χ4v) is 1.04. The van der Waals surface area contributed by atoms with Crippen molar-refractivity contribution in [3.8, 4) is 0 Å². The Morgan fingerprint density at radius 2 is 2.14 bits per heavy atom. The van der Waals surface area contributed by atoms with Crippen molar-refractivity contribution < 1.29 is 13.9 Å². The van der Waals surface area contributed by atoms with Crippen LogP contribution >= 0.6 is 0 Å². The number of esters is 1. The molecule has 0 amide bonds. The summed E-state index contributed by atoms with van der Waals surface area (Å²) in [4.78, 5) is 22.2. The lowest BCUT2D eigenvalue weighted by Crippen LogP contribution is -2.10. The molecule has 0 aliphatic rings. The molecule has 4 heteroatoms. The lowest BCUT2D eigenvalue weighted by Gasteiger charge is -2.01. The molecule has 0 unspecified atom stereocenters. The number of rotatable bonds is 3. The Morgan fingerprint density at radius 1 is 1.43 bits per heavy atom. The highest BCUT2D eigenvalue weighted by Gasteiger charge is 2.10. The standard InChI is InChI=1S/C10H12O4/c1-3-7-5-8(10(12)13-4-2)14-9(11)6-7/h5-6H,3-4H2,1-2H3. The van der Waals surface area contributed by atoms with Crippen LogP contribution in [0.4, 0.5) is 0 Å². The van der Waals surface area contributed by atoms with Gasteiger partial charge in [-0.3, -0.25) is 0 Å². The van der Waals surface area contributed by atoms with Gasteiger partial charge in [-0.15, -0.1) is 0 Å². The largest absolute Gasteiger partial charge is 0.460 e. The molecule has 0 fully saturated rings. The molecule has 0 bridgehead atoms. The third-order valence-corrected chi connectivity index (χ3v) is 1.72. The van der Waals surface area contributed by atoms with Crippen LogP contribution in [0.1, 0.15) is 30.0 Å². The summed E-state index contributed by atoms with van der Waals surface area (Å²) < 4.78 is 9.41. The number of hydrogen-bond acceptors (Lipinski definition) is 4. The van der Waals surface area contributed by atoms with Crippen LogP contribution in [0.15, 0.2) is 21.3 Å². The highest BCUT2D eigenvalue weighted by Crippen LogP contribution is 2.04. The van der Waals surface area contributed by atoms with Gasteiger partial charge in [0.05, 0.1) is 6.61 Å². The second-order valence-electron chi connectivity index (χ2n) is 2.72. The molecule has 0 aromatic carbocycles. The first-order valence-corrected chi connectivity index (χ1v) is 4.48. The van der Waals surface area contributed by atoms with Gasteiger partial charge in [-0.2, -0.15) is 0 Å². The van der Waals surface area contributed by atoms with Gasteiger partial charge in [0.1, 0.15) is 0 Å². The van der Waals surface area contributed by atoms with Crippen LogP contribution in [0, 0.1) is 0 Å². The predicted molar refractivity (Wildman–Crippen MR) is 50.3 cm³/mol. The van der Waals surface area contributed by atoms with Crippen LogP contribution in [0.2, 0.25) is 0 Å². The second-order valence-corrected chi connectivity index (χ2v) is 2.72. The van der Waals surface area contributed by atoms with E-state index in [4.69, 9.17) is 9.15 Å². The molecule has 76 valence electrons. The molecule has 0 aliphatic heterocycles. The maximum atomic E-state index is 11.2. The van der Waals surface area contributed by atoms with Gasteiger partial charge in [-0.25, -0.2) is 9.59 Å². The summed E-state index contributed by atoms with van der Waals surface area (Å²) in [5.74, 6) is -0.629. The Morgan fingerprint density at radius 3 is 2.71 bits per heavy atom. The minimum Gasteiger partial charge on any atom is -0.460 e.